The van der Waals surface area contributed by atoms with Gasteiger partial charge in [0.15, 0.2) is 0 Å². The summed E-state index contributed by atoms with van der Waals surface area (Å²) in [6, 6.07) is 9.05. The molecule has 2 N–H and O–H groups in total. The Bertz CT molecular complexity index is 569. The Morgan fingerprint density at radius 2 is 1.81 bits per heavy atom. The van der Waals surface area contributed by atoms with Gasteiger partial charge in [-0.05, 0) is 40.2 Å². The molecule has 0 saturated heterocycles. The van der Waals surface area contributed by atoms with Gasteiger partial charge in [-0.3, -0.25) is 0 Å². The molecule has 1 rings (SSSR count). The Hall–Kier alpha value is -2.28. The van der Waals surface area contributed by atoms with Crippen molar-refractivity contribution in [2.24, 2.45) is 0 Å². The van der Waals surface area contributed by atoms with Crippen molar-refractivity contribution in [3.63, 3.8) is 0 Å². The van der Waals surface area contributed by atoms with Gasteiger partial charge in [-0.2, -0.15) is 0 Å². The number of aliphatic hydroxyl groups excluding tert-OH is 1. The van der Waals surface area contributed by atoms with Crippen molar-refractivity contribution >= 4 is 12.2 Å². The number of hydrogen-bond acceptors (Lipinski definition) is 5. The second kappa shape index (κ2) is 10.0. The van der Waals surface area contributed by atoms with Crippen molar-refractivity contribution in [1.82, 2.24) is 10.2 Å². The Morgan fingerprint density at radius 3 is 2.35 bits per heavy atom. The number of ether oxygens (including phenoxy) is 2. The van der Waals surface area contributed by atoms with E-state index >= 15 is 0 Å². The van der Waals surface area contributed by atoms with E-state index in [2.05, 4.69) is 5.32 Å². The van der Waals surface area contributed by atoms with Crippen LogP contribution in [0.2, 0.25) is 0 Å². The zero-order chi connectivity index (χ0) is 19.7. The molecule has 0 fully saturated rings. The molecule has 0 aliphatic heterocycles. The van der Waals surface area contributed by atoms with Crippen LogP contribution in [-0.2, 0) is 16.0 Å². The number of nitrogens with one attached hydrogen (secondary N) is 1. The standard InChI is InChI=1S/C19H30N2O5/c1-14(20-17(23)26-19(3,4)5)13-25-18(24)21(11-15(2)22)12-16-9-7-6-8-10-16/h6-10,14-15,22H,11-13H2,1-5H3,(H,20,23)/t14-,15+/m0/s1. The van der Waals surface area contributed by atoms with Crippen LogP contribution in [0.25, 0.3) is 0 Å². The van der Waals surface area contributed by atoms with E-state index in [-0.39, 0.29) is 13.2 Å². The molecule has 0 spiro atoms. The molecule has 1 aromatic rings. The number of amides is 2. The van der Waals surface area contributed by atoms with Gasteiger partial charge in [0.05, 0.1) is 18.7 Å². The molecule has 2 atom stereocenters. The molecule has 0 aliphatic carbocycles. The topological polar surface area (TPSA) is 88.1 Å². The van der Waals surface area contributed by atoms with Crippen LogP contribution in [-0.4, -0.2) is 53.1 Å². The third kappa shape index (κ3) is 9.27. The van der Waals surface area contributed by atoms with Gasteiger partial charge in [0.2, 0.25) is 0 Å². The van der Waals surface area contributed by atoms with Crippen molar-refractivity contribution < 1.29 is 24.2 Å². The summed E-state index contributed by atoms with van der Waals surface area (Å²) in [5, 5.41) is 12.2. The second-order valence-electron chi connectivity index (χ2n) is 7.34. The fourth-order valence-electron chi connectivity index (χ4n) is 2.16. The molecule has 0 aromatic heterocycles. The lowest BCUT2D eigenvalue weighted by Gasteiger charge is -2.25. The van der Waals surface area contributed by atoms with Gasteiger partial charge in [-0.25, -0.2) is 9.59 Å². The molecule has 1 aromatic carbocycles. The highest BCUT2D eigenvalue weighted by atomic mass is 16.6. The summed E-state index contributed by atoms with van der Waals surface area (Å²) in [5.41, 5.74) is 0.342. The van der Waals surface area contributed by atoms with Crippen LogP contribution in [0.4, 0.5) is 9.59 Å². The minimum Gasteiger partial charge on any atom is -0.447 e. The first kappa shape index (κ1) is 21.8. The number of carbonyl (C=O) groups is 2. The minimum atomic E-state index is -0.677. The Balaban J connectivity index is 2.53. The molecule has 0 saturated carbocycles. The fraction of sp³-hybridized carbons (Fsp3) is 0.579. The van der Waals surface area contributed by atoms with Gasteiger partial charge < -0.3 is 24.8 Å². The van der Waals surface area contributed by atoms with Crippen molar-refractivity contribution in [3.8, 4) is 0 Å². The maximum Gasteiger partial charge on any atom is 0.410 e. The van der Waals surface area contributed by atoms with Crippen LogP contribution < -0.4 is 5.32 Å². The molecular formula is C19H30N2O5. The Kier molecular flexibility index (Phi) is 8.38. The molecule has 0 unspecified atom stereocenters. The smallest absolute Gasteiger partial charge is 0.410 e. The first-order valence-electron chi connectivity index (χ1n) is 8.70. The lowest BCUT2D eigenvalue weighted by Crippen LogP contribution is -2.42. The molecule has 0 bridgehead atoms. The number of carbonyl (C=O) groups excluding carboxylic acids is 2. The van der Waals surface area contributed by atoms with E-state index in [1.807, 2.05) is 30.3 Å². The van der Waals surface area contributed by atoms with E-state index in [0.717, 1.165) is 5.56 Å². The molecule has 0 aliphatic rings. The third-order valence-corrected chi connectivity index (χ3v) is 3.18. The van der Waals surface area contributed by atoms with Crippen LogP contribution in [0.5, 0.6) is 0 Å². The van der Waals surface area contributed by atoms with Gasteiger partial charge in [0, 0.05) is 6.54 Å². The SMILES string of the molecule is C[C@@H](O)CN(Cc1ccccc1)C(=O)OC[C@H](C)NC(=O)OC(C)(C)C. The molecule has 7 heteroatoms. The zero-order valence-electron chi connectivity index (χ0n) is 16.2. The van der Waals surface area contributed by atoms with E-state index in [4.69, 9.17) is 9.47 Å². The third-order valence-electron chi connectivity index (χ3n) is 3.18. The first-order chi connectivity index (χ1) is 12.1. The van der Waals surface area contributed by atoms with Crippen LogP contribution in [0.15, 0.2) is 30.3 Å². The predicted molar refractivity (Wildman–Crippen MR) is 98.7 cm³/mol. The molecule has 26 heavy (non-hydrogen) atoms. The van der Waals surface area contributed by atoms with Crippen LogP contribution in [0.1, 0.15) is 40.2 Å². The Labute approximate surface area is 155 Å². The monoisotopic (exact) mass is 366 g/mol. The Morgan fingerprint density at radius 1 is 1.19 bits per heavy atom. The van der Waals surface area contributed by atoms with Crippen molar-refractivity contribution in [1.29, 1.82) is 0 Å². The number of hydrogen-bond donors (Lipinski definition) is 2. The van der Waals surface area contributed by atoms with E-state index in [1.165, 1.54) is 4.90 Å². The normalized spacial score (nSPS) is 13.5. The molecule has 0 radical (unpaired) electrons. The first-order valence-corrected chi connectivity index (χ1v) is 8.70. The van der Waals surface area contributed by atoms with Gasteiger partial charge in [-0.15, -0.1) is 0 Å². The molecule has 146 valence electrons. The average molecular weight is 366 g/mol. The summed E-state index contributed by atoms with van der Waals surface area (Å²) < 4.78 is 10.4. The van der Waals surface area contributed by atoms with Gasteiger partial charge in [-0.1, -0.05) is 30.3 Å². The minimum absolute atomic E-state index is 0.00315. The number of nitrogens with zero attached hydrogens (tertiary/aromatic N) is 1. The van der Waals surface area contributed by atoms with Crippen molar-refractivity contribution in [2.75, 3.05) is 13.2 Å². The van der Waals surface area contributed by atoms with E-state index in [0.29, 0.717) is 6.54 Å². The van der Waals surface area contributed by atoms with Crippen molar-refractivity contribution in [2.45, 2.75) is 58.9 Å². The summed E-state index contributed by atoms with van der Waals surface area (Å²) >= 11 is 0. The summed E-state index contributed by atoms with van der Waals surface area (Å²) in [5.74, 6) is 0. The number of aliphatic hydroxyl groups is 1. The number of rotatable bonds is 7. The number of benzene rings is 1. The molecule has 0 heterocycles. The van der Waals surface area contributed by atoms with E-state index in [9.17, 15) is 14.7 Å². The second-order valence-corrected chi connectivity index (χ2v) is 7.34. The van der Waals surface area contributed by atoms with Gasteiger partial charge in [0.25, 0.3) is 0 Å². The van der Waals surface area contributed by atoms with Gasteiger partial charge >= 0.3 is 12.2 Å². The number of alkyl carbamates (subject to hydrolysis) is 1. The highest BCUT2D eigenvalue weighted by Gasteiger charge is 2.21. The summed E-state index contributed by atoms with van der Waals surface area (Å²) in [6.07, 6.45) is -1.79. The van der Waals surface area contributed by atoms with Crippen LogP contribution >= 0.6 is 0 Å². The lowest BCUT2D eigenvalue weighted by molar-refractivity contribution is 0.0445. The average Bonchev–Trinajstić information content (AvgIpc) is 2.50. The molecular weight excluding hydrogens is 336 g/mol. The summed E-state index contributed by atoms with van der Waals surface area (Å²) in [6.45, 7) is 9.13. The zero-order valence-corrected chi connectivity index (χ0v) is 16.2. The van der Waals surface area contributed by atoms with Crippen LogP contribution in [0.3, 0.4) is 0 Å². The van der Waals surface area contributed by atoms with E-state index in [1.54, 1.807) is 34.6 Å². The lowest BCUT2D eigenvalue weighted by atomic mass is 10.2. The maximum absolute atomic E-state index is 12.4. The van der Waals surface area contributed by atoms with Crippen molar-refractivity contribution in [3.05, 3.63) is 35.9 Å². The van der Waals surface area contributed by atoms with E-state index < -0.39 is 29.9 Å². The molecule has 7 nitrogen and oxygen atoms in total. The summed E-state index contributed by atoms with van der Waals surface area (Å²) in [4.78, 5) is 25.5. The highest BCUT2D eigenvalue weighted by Crippen LogP contribution is 2.09. The highest BCUT2D eigenvalue weighted by molar-refractivity contribution is 5.69. The largest absolute Gasteiger partial charge is 0.447 e. The van der Waals surface area contributed by atoms with Crippen LogP contribution in [0, 0.1) is 0 Å². The molecule has 2 amide bonds. The van der Waals surface area contributed by atoms with Gasteiger partial charge in [0.1, 0.15) is 12.2 Å². The maximum atomic E-state index is 12.4. The predicted octanol–water partition coefficient (Wildman–Crippen LogP) is 2.92. The fourth-order valence-corrected chi connectivity index (χ4v) is 2.16. The summed E-state index contributed by atoms with van der Waals surface area (Å²) in [7, 11) is 0. The quantitative estimate of drug-likeness (QED) is 0.775.